The lowest BCUT2D eigenvalue weighted by atomic mass is 9.94. The highest BCUT2D eigenvalue weighted by Gasteiger charge is 2.26. The normalized spacial score (nSPS) is 25.6. The summed E-state index contributed by atoms with van der Waals surface area (Å²) in [6, 6.07) is 8.65. The highest BCUT2D eigenvalue weighted by atomic mass is 32.2. The maximum Gasteiger partial charge on any atom is 0.118 e. The van der Waals surface area contributed by atoms with E-state index in [0.717, 1.165) is 23.8 Å². The van der Waals surface area contributed by atoms with Crippen molar-refractivity contribution < 1.29 is 4.74 Å². The molecule has 0 atom stereocenters. The van der Waals surface area contributed by atoms with Crippen molar-refractivity contribution in [1.82, 2.24) is 0 Å². The lowest BCUT2D eigenvalue weighted by molar-refractivity contribution is 0.414. The Kier molecular flexibility index (Phi) is 2.99. The van der Waals surface area contributed by atoms with E-state index in [2.05, 4.69) is 12.1 Å². The molecule has 0 heterocycles. The van der Waals surface area contributed by atoms with Crippen LogP contribution in [0.5, 0.6) is 5.75 Å². The number of rotatable bonds is 3. The van der Waals surface area contributed by atoms with Crippen LogP contribution in [0.4, 0.5) is 0 Å². The van der Waals surface area contributed by atoms with Crippen LogP contribution in [0.1, 0.15) is 12.8 Å². The average Bonchev–Trinajstić information content (AvgIpc) is 2.17. The molecular formula is C11H15NOS. The second-order valence-corrected chi connectivity index (χ2v) is 5.02. The minimum absolute atomic E-state index is 0.436. The van der Waals surface area contributed by atoms with Crippen molar-refractivity contribution in [3.05, 3.63) is 24.3 Å². The van der Waals surface area contributed by atoms with Crippen LogP contribution in [0, 0.1) is 0 Å². The van der Waals surface area contributed by atoms with E-state index in [4.69, 9.17) is 10.5 Å². The van der Waals surface area contributed by atoms with E-state index in [9.17, 15) is 0 Å². The molecule has 0 aliphatic heterocycles. The van der Waals surface area contributed by atoms with Crippen molar-refractivity contribution in [3.63, 3.8) is 0 Å². The summed E-state index contributed by atoms with van der Waals surface area (Å²) < 4.78 is 5.10. The topological polar surface area (TPSA) is 35.2 Å². The van der Waals surface area contributed by atoms with Crippen molar-refractivity contribution in [2.75, 3.05) is 7.11 Å². The van der Waals surface area contributed by atoms with Gasteiger partial charge in [-0.15, -0.1) is 11.8 Å². The number of thioether (sulfide) groups is 1. The second-order valence-electron chi connectivity index (χ2n) is 3.65. The molecule has 0 aromatic heterocycles. The molecule has 0 bridgehead atoms. The minimum Gasteiger partial charge on any atom is -0.497 e. The molecule has 0 saturated heterocycles. The first-order valence-electron chi connectivity index (χ1n) is 4.84. The van der Waals surface area contributed by atoms with Gasteiger partial charge in [-0.2, -0.15) is 0 Å². The van der Waals surface area contributed by atoms with E-state index in [0.29, 0.717) is 6.04 Å². The lowest BCUT2D eigenvalue weighted by Crippen LogP contribution is -2.38. The molecule has 0 spiro atoms. The first-order chi connectivity index (χ1) is 6.78. The van der Waals surface area contributed by atoms with Crippen molar-refractivity contribution in [2.45, 2.75) is 29.0 Å². The van der Waals surface area contributed by atoms with Crippen molar-refractivity contribution >= 4 is 11.8 Å². The molecule has 76 valence electrons. The Labute approximate surface area is 88.8 Å². The zero-order valence-corrected chi connectivity index (χ0v) is 9.09. The summed E-state index contributed by atoms with van der Waals surface area (Å²) in [5, 5.41) is 0.721. The van der Waals surface area contributed by atoms with Crippen LogP contribution in [0.2, 0.25) is 0 Å². The fourth-order valence-corrected chi connectivity index (χ4v) is 2.91. The average molecular weight is 209 g/mol. The first kappa shape index (κ1) is 9.87. The summed E-state index contributed by atoms with van der Waals surface area (Å²) in [6.07, 6.45) is 2.30. The Hall–Kier alpha value is -0.670. The van der Waals surface area contributed by atoms with E-state index in [1.54, 1.807) is 7.11 Å². The molecule has 3 heteroatoms. The van der Waals surface area contributed by atoms with Gasteiger partial charge >= 0.3 is 0 Å². The Bertz CT molecular complexity index is 293. The third kappa shape index (κ3) is 2.22. The van der Waals surface area contributed by atoms with E-state index in [1.807, 2.05) is 23.9 Å². The van der Waals surface area contributed by atoms with Crippen molar-refractivity contribution in [2.24, 2.45) is 5.73 Å². The zero-order valence-electron chi connectivity index (χ0n) is 8.27. The summed E-state index contributed by atoms with van der Waals surface area (Å²) in [4.78, 5) is 1.31. The zero-order chi connectivity index (χ0) is 9.97. The minimum atomic E-state index is 0.436. The number of hydrogen-bond donors (Lipinski definition) is 1. The van der Waals surface area contributed by atoms with Crippen LogP contribution in [0.3, 0.4) is 0 Å². The van der Waals surface area contributed by atoms with Gasteiger partial charge in [-0.25, -0.2) is 0 Å². The number of nitrogens with two attached hydrogens (primary N) is 1. The van der Waals surface area contributed by atoms with E-state index in [1.165, 1.54) is 4.90 Å². The predicted octanol–water partition coefficient (Wildman–Crippen LogP) is 2.28. The third-order valence-electron chi connectivity index (χ3n) is 2.49. The van der Waals surface area contributed by atoms with Crippen LogP contribution in [0.25, 0.3) is 0 Å². The summed E-state index contributed by atoms with van der Waals surface area (Å²) in [6.45, 7) is 0. The van der Waals surface area contributed by atoms with Gasteiger partial charge in [-0.1, -0.05) is 0 Å². The second kappa shape index (κ2) is 4.24. The molecule has 0 radical (unpaired) electrons. The third-order valence-corrected chi connectivity index (χ3v) is 3.76. The van der Waals surface area contributed by atoms with E-state index >= 15 is 0 Å². The van der Waals surface area contributed by atoms with Gasteiger partial charge in [-0.05, 0) is 37.1 Å². The summed E-state index contributed by atoms with van der Waals surface area (Å²) >= 11 is 1.92. The molecule has 1 fully saturated rings. The van der Waals surface area contributed by atoms with Gasteiger partial charge in [-0.3, -0.25) is 0 Å². The van der Waals surface area contributed by atoms with Crippen LogP contribution < -0.4 is 10.5 Å². The molecule has 1 aliphatic carbocycles. The van der Waals surface area contributed by atoms with Crippen LogP contribution in [-0.4, -0.2) is 18.4 Å². The Morgan fingerprint density at radius 1 is 1.29 bits per heavy atom. The summed E-state index contributed by atoms with van der Waals surface area (Å²) in [5.74, 6) is 0.916. The fraction of sp³-hybridized carbons (Fsp3) is 0.455. The number of hydrogen-bond acceptors (Lipinski definition) is 3. The Morgan fingerprint density at radius 3 is 2.43 bits per heavy atom. The molecule has 2 N–H and O–H groups in total. The number of ether oxygens (including phenoxy) is 1. The molecule has 1 aromatic rings. The van der Waals surface area contributed by atoms with Gasteiger partial charge in [0.2, 0.25) is 0 Å². The predicted molar refractivity (Wildman–Crippen MR) is 59.8 cm³/mol. The highest BCUT2D eigenvalue weighted by molar-refractivity contribution is 8.00. The lowest BCUT2D eigenvalue weighted by Gasteiger charge is -2.31. The first-order valence-corrected chi connectivity index (χ1v) is 5.72. The van der Waals surface area contributed by atoms with Crippen LogP contribution in [-0.2, 0) is 0 Å². The van der Waals surface area contributed by atoms with Crippen LogP contribution in [0.15, 0.2) is 29.2 Å². The summed E-state index contributed by atoms with van der Waals surface area (Å²) in [7, 11) is 1.69. The van der Waals surface area contributed by atoms with Crippen LogP contribution >= 0.6 is 11.8 Å². The maximum absolute atomic E-state index is 5.73. The van der Waals surface area contributed by atoms with Crippen molar-refractivity contribution in [3.8, 4) is 5.75 Å². The molecule has 14 heavy (non-hydrogen) atoms. The smallest absolute Gasteiger partial charge is 0.118 e. The maximum atomic E-state index is 5.73. The van der Waals surface area contributed by atoms with Crippen molar-refractivity contribution in [1.29, 1.82) is 0 Å². The molecule has 2 rings (SSSR count). The molecular weight excluding hydrogens is 194 g/mol. The quantitative estimate of drug-likeness (QED) is 0.829. The standard InChI is InChI=1S/C11H15NOS/c1-13-9-2-4-10(5-3-9)14-11-6-8(12)7-11/h2-5,8,11H,6-7,12H2,1H3. The van der Waals surface area contributed by atoms with E-state index < -0.39 is 0 Å². The van der Waals surface area contributed by atoms with E-state index in [-0.39, 0.29) is 0 Å². The SMILES string of the molecule is COc1ccc(SC2CC(N)C2)cc1. The van der Waals surface area contributed by atoms with Gasteiger partial charge in [0.1, 0.15) is 5.75 Å². The molecule has 0 amide bonds. The molecule has 2 nitrogen and oxygen atoms in total. The largest absolute Gasteiger partial charge is 0.497 e. The highest BCUT2D eigenvalue weighted by Crippen LogP contribution is 2.36. The summed E-state index contributed by atoms with van der Waals surface area (Å²) in [5.41, 5.74) is 5.73. The van der Waals surface area contributed by atoms with Gasteiger partial charge in [0.25, 0.3) is 0 Å². The van der Waals surface area contributed by atoms with Gasteiger partial charge in [0.05, 0.1) is 7.11 Å². The molecule has 1 saturated carbocycles. The monoisotopic (exact) mass is 209 g/mol. The Morgan fingerprint density at radius 2 is 1.93 bits per heavy atom. The Balaban J connectivity index is 1.90. The molecule has 0 unspecified atom stereocenters. The van der Waals surface area contributed by atoms with Gasteiger partial charge in [0, 0.05) is 16.2 Å². The molecule has 1 aliphatic rings. The number of benzene rings is 1. The van der Waals surface area contributed by atoms with Gasteiger partial charge < -0.3 is 10.5 Å². The fourth-order valence-electron chi connectivity index (χ4n) is 1.55. The van der Waals surface area contributed by atoms with Gasteiger partial charge in [0.15, 0.2) is 0 Å². The molecule has 1 aromatic carbocycles. The number of methoxy groups -OCH3 is 1.